The van der Waals surface area contributed by atoms with Gasteiger partial charge >= 0.3 is 0 Å². The van der Waals surface area contributed by atoms with Gasteiger partial charge in [0.1, 0.15) is 0 Å². The molecule has 0 aliphatic heterocycles. The van der Waals surface area contributed by atoms with Gasteiger partial charge in [-0.25, -0.2) is 0 Å². The molecule has 0 rings (SSSR count). The van der Waals surface area contributed by atoms with Crippen LogP contribution in [0, 0.1) is 0 Å². The molecule has 0 radical (unpaired) electrons. The Labute approximate surface area is 87.6 Å². The third-order valence-corrected chi connectivity index (χ3v) is 3.22. The predicted molar refractivity (Wildman–Crippen MR) is 46.3 cm³/mol. The zero-order valence-electron chi connectivity index (χ0n) is 8.24. The molecular formula is C6H11O7P2-3. The normalized spacial score (nSPS) is 15.8. The number of rotatable bonds is 6. The Morgan fingerprint density at radius 3 is 2.20 bits per heavy atom. The lowest BCUT2D eigenvalue weighted by atomic mass is 10.3. The van der Waals surface area contributed by atoms with Crippen LogP contribution >= 0.6 is 15.6 Å². The summed E-state index contributed by atoms with van der Waals surface area (Å²) in [6, 6.07) is 0. The molecule has 0 fully saturated rings. The number of phosphoric acid groups is 2. The van der Waals surface area contributed by atoms with Gasteiger partial charge in [-0.1, -0.05) is 11.6 Å². The molecule has 0 saturated carbocycles. The molecule has 7 nitrogen and oxygen atoms in total. The molecule has 0 N–H and O–H groups in total. The molecule has 0 aliphatic carbocycles. The highest BCUT2D eigenvalue weighted by Gasteiger charge is 2.10. The van der Waals surface area contributed by atoms with Crippen molar-refractivity contribution in [3.05, 3.63) is 11.6 Å². The standard InChI is InChI=1S/C6H14O7P2/c1-6(2)4-3-5-12-15(10,11)13-14(7,8)9/h4H,3,5H2,1-2H3,(H,10,11)(H2,7,8,9)/p-3. The minimum atomic E-state index is -5.57. The van der Waals surface area contributed by atoms with Crippen molar-refractivity contribution in [2.24, 2.45) is 0 Å². The molecule has 1 atom stereocenters. The van der Waals surface area contributed by atoms with Crippen molar-refractivity contribution in [2.45, 2.75) is 20.3 Å². The van der Waals surface area contributed by atoms with Crippen molar-refractivity contribution < 1.29 is 32.6 Å². The van der Waals surface area contributed by atoms with E-state index in [0.29, 0.717) is 0 Å². The van der Waals surface area contributed by atoms with E-state index >= 15 is 0 Å². The minimum Gasteiger partial charge on any atom is -0.790 e. The number of phosphoric ester groups is 1. The maximum absolute atomic E-state index is 10.7. The molecule has 0 bridgehead atoms. The molecule has 0 aliphatic rings. The molecule has 0 spiro atoms. The Morgan fingerprint density at radius 1 is 1.27 bits per heavy atom. The van der Waals surface area contributed by atoms with Crippen molar-refractivity contribution in [1.29, 1.82) is 0 Å². The first-order chi connectivity index (χ1) is 6.62. The fraction of sp³-hybridized carbons (Fsp3) is 0.667. The van der Waals surface area contributed by atoms with E-state index < -0.39 is 15.6 Å². The summed E-state index contributed by atoms with van der Waals surface area (Å²) in [5.41, 5.74) is 0.957. The fourth-order valence-electron chi connectivity index (χ4n) is 0.658. The van der Waals surface area contributed by atoms with Gasteiger partial charge in [-0.15, -0.1) is 0 Å². The van der Waals surface area contributed by atoms with Crippen molar-refractivity contribution in [3.8, 4) is 0 Å². The van der Waals surface area contributed by atoms with E-state index in [1.165, 1.54) is 0 Å². The van der Waals surface area contributed by atoms with Gasteiger partial charge < -0.3 is 23.8 Å². The van der Waals surface area contributed by atoms with Gasteiger partial charge in [0.2, 0.25) is 0 Å². The van der Waals surface area contributed by atoms with Crippen LogP contribution in [0.5, 0.6) is 0 Å². The number of hydrogen-bond donors (Lipinski definition) is 0. The molecule has 9 heteroatoms. The zero-order valence-corrected chi connectivity index (χ0v) is 10.0. The Morgan fingerprint density at radius 2 is 1.80 bits per heavy atom. The second-order valence-electron chi connectivity index (χ2n) is 2.88. The van der Waals surface area contributed by atoms with Crippen LogP contribution in [0.2, 0.25) is 0 Å². The third-order valence-electron chi connectivity index (χ3n) is 1.12. The number of hydrogen-bond acceptors (Lipinski definition) is 7. The van der Waals surface area contributed by atoms with Gasteiger partial charge in [0.25, 0.3) is 7.82 Å². The SMILES string of the molecule is CC(C)=CCCOP(=O)([O-])OP(=O)([O-])[O-]. The monoisotopic (exact) mass is 257 g/mol. The van der Waals surface area contributed by atoms with Crippen LogP contribution in [0.3, 0.4) is 0 Å². The highest BCUT2D eigenvalue weighted by atomic mass is 31.3. The summed E-state index contributed by atoms with van der Waals surface area (Å²) in [5, 5.41) is 0. The molecular weight excluding hydrogens is 246 g/mol. The van der Waals surface area contributed by atoms with E-state index in [2.05, 4.69) is 8.83 Å². The smallest absolute Gasteiger partial charge is 0.271 e. The molecule has 90 valence electrons. The Kier molecular flexibility index (Phi) is 5.92. The third kappa shape index (κ3) is 10.3. The van der Waals surface area contributed by atoms with E-state index in [-0.39, 0.29) is 13.0 Å². The lowest BCUT2D eigenvalue weighted by molar-refractivity contribution is -0.339. The van der Waals surface area contributed by atoms with E-state index in [0.717, 1.165) is 5.57 Å². The first-order valence-electron chi connectivity index (χ1n) is 3.95. The topological polar surface area (TPSA) is 122 Å². The number of allylic oxidation sites excluding steroid dienone is 1. The molecule has 0 amide bonds. The van der Waals surface area contributed by atoms with Crippen molar-refractivity contribution in [2.75, 3.05) is 6.61 Å². The highest BCUT2D eigenvalue weighted by Crippen LogP contribution is 2.50. The summed E-state index contributed by atoms with van der Waals surface area (Å²) in [7, 11) is -10.6. The Bertz CT molecular complexity index is 313. The highest BCUT2D eigenvalue weighted by molar-refractivity contribution is 7.58. The van der Waals surface area contributed by atoms with Crippen molar-refractivity contribution in [3.63, 3.8) is 0 Å². The van der Waals surface area contributed by atoms with Crippen LogP contribution in [0.25, 0.3) is 0 Å². The maximum atomic E-state index is 10.7. The Balaban J connectivity index is 4.01. The fourth-order valence-corrected chi connectivity index (χ4v) is 2.16. The average Bonchev–Trinajstić information content (AvgIpc) is 1.93. The second-order valence-corrected chi connectivity index (χ2v) is 5.58. The maximum Gasteiger partial charge on any atom is 0.271 e. The lowest BCUT2D eigenvalue weighted by Crippen LogP contribution is -2.19. The van der Waals surface area contributed by atoms with Gasteiger partial charge in [-0.2, -0.15) is 0 Å². The van der Waals surface area contributed by atoms with Gasteiger partial charge in [0.05, 0.1) is 14.4 Å². The van der Waals surface area contributed by atoms with E-state index in [1.54, 1.807) is 19.9 Å². The summed E-state index contributed by atoms with van der Waals surface area (Å²) < 4.78 is 28.0. The van der Waals surface area contributed by atoms with Crippen LogP contribution in [0.4, 0.5) is 0 Å². The van der Waals surface area contributed by atoms with E-state index in [9.17, 15) is 23.8 Å². The summed E-state index contributed by atoms with van der Waals surface area (Å²) >= 11 is 0. The molecule has 0 aromatic heterocycles. The lowest BCUT2D eigenvalue weighted by Gasteiger charge is -2.34. The molecule has 0 aromatic carbocycles. The average molecular weight is 257 g/mol. The van der Waals surface area contributed by atoms with Gasteiger partial charge in [0.15, 0.2) is 0 Å². The van der Waals surface area contributed by atoms with Crippen LogP contribution in [-0.4, -0.2) is 6.61 Å². The van der Waals surface area contributed by atoms with Crippen molar-refractivity contribution >= 4 is 15.6 Å². The summed E-state index contributed by atoms with van der Waals surface area (Å²) in [4.78, 5) is 30.6. The van der Waals surface area contributed by atoms with Crippen LogP contribution in [-0.2, 0) is 18.0 Å². The summed E-state index contributed by atoms with van der Waals surface area (Å²) in [5.74, 6) is 0. The molecule has 15 heavy (non-hydrogen) atoms. The molecule has 0 aromatic rings. The van der Waals surface area contributed by atoms with Crippen LogP contribution in [0.1, 0.15) is 20.3 Å². The van der Waals surface area contributed by atoms with E-state index in [1.807, 2.05) is 0 Å². The van der Waals surface area contributed by atoms with Gasteiger partial charge in [-0.3, -0.25) is 8.88 Å². The Hall–Kier alpha value is -0.0000000000000000416. The van der Waals surface area contributed by atoms with Gasteiger partial charge in [0, 0.05) is 0 Å². The molecule has 1 unspecified atom stereocenters. The first-order valence-corrected chi connectivity index (χ1v) is 6.87. The first kappa shape index (κ1) is 15.0. The van der Waals surface area contributed by atoms with Crippen molar-refractivity contribution in [1.82, 2.24) is 0 Å². The zero-order chi connectivity index (χ0) is 12.1. The summed E-state index contributed by atoms with van der Waals surface area (Å²) in [6.07, 6.45) is 1.97. The molecule has 0 heterocycles. The van der Waals surface area contributed by atoms with Crippen LogP contribution in [0.15, 0.2) is 11.6 Å². The largest absolute Gasteiger partial charge is 0.790 e. The quantitative estimate of drug-likeness (QED) is 0.362. The second kappa shape index (κ2) is 5.92. The summed E-state index contributed by atoms with van der Waals surface area (Å²) in [6.45, 7) is 3.33. The van der Waals surface area contributed by atoms with E-state index in [4.69, 9.17) is 0 Å². The molecule has 0 saturated heterocycles. The van der Waals surface area contributed by atoms with Crippen LogP contribution < -0.4 is 14.7 Å². The minimum absolute atomic E-state index is 0.272. The van der Waals surface area contributed by atoms with Gasteiger partial charge in [-0.05, 0) is 20.3 Å². The predicted octanol–water partition coefficient (Wildman–Crippen LogP) is -0.327.